The van der Waals surface area contributed by atoms with Crippen molar-refractivity contribution in [3.05, 3.63) is 58.7 Å². The largest absolute Gasteiger partial charge is 0.495 e. The number of aryl methyl sites for hydroxylation is 2. The van der Waals surface area contributed by atoms with E-state index in [2.05, 4.69) is 41.9 Å². The molecule has 0 aliphatic carbocycles. The summed E-state index contributed by atoms with van der Waals surface area (Å²) in [6.07, 6.45) is 0. The summed E-state index contributed by atoms with van der Waals surface area (Å²) in [6, 6.07) is 11.1. The summed E-state index contributed by atoms with van der Waals surface area (Å²) in [6.45, 7) is 6.14. The van der Waals surface area contributed by atoms with Gasteiger partial charge in [0.1, 0.15) is 5.75 Å². The molecule has 144 valence electrons. The van der Waals surface area contributed by atoms with Gasteiger partial charge in [-0.25, -0.2) is 0 Å². The molecule has 2 rings (SSSR count). The highest BCUT2D eigenvalue weighted by molar-refractivity contribution is 5.95. The van der Waals surface area contributed by atoms with Crippen LogP contribution in [0, 0.1) is 13.8 Å². The van der Waals surface area contributed by atoms with Crippen LogP contribution in [0.25, 0.3) is 0 Å². The topological polar surface area (TPSA) is 79.5 Å². The van der Waals surface area contributed by atoms with Crippen molar-refractivity contribution in [2.24, 2.45) is 0 Å². The van der Waals surface area contributed by atoms with Gasteiger partial charge in [0.05, 0.1) is 25.4 Å². The second-order valence-electron chi connectivity index (χ2n) is 6.48. The lowest BCUT2D eigenvalue weighted by Crippen LogP contribution is -2.32. The minimum atomic E-state index is -0.200. The van der Waals surface area contributed by atoms with Crippen molar-refractivity contribution in [2.45, 2.75) is 26.8 Å². The number of ether oxygens (including phenoxy) is 1. The first-order valence-corrected chi connectivity index (χ1v) is 8.86. The number of nitrogens with one attached hydrogen (secondary N) is 3. The van der Waals surface area contributed by atoms with Crippen molar-refractivity contribution >= 4 is 17.5 Å². The predicted molar refractivity (Wildman–Crippen MR) is 107 cm³/mol. The highest BCUT2D eigenvalue weighted by Crippen LogP contribution is 2.25. The summed E-state index contributed by atoms with van der Waals surface area (Å²) in [4.78, 5) is 24.1. The molecule has 6 nitrogen and oxygen atoms in total. The van der Waals surface area contributed by atoms with Gasteiger partial charge in [0.25, 0.3) is 5.91 Å². The molecule has 0 aromatic heterocycles. The highest BCUT2D eigenvalue weighted by atomic mass is 16.5. The average Bonchev–Trinajstić information content (AvgIpc) is 2.67. The molecule has 2 aromatic carbocycles. The normalized spacial score (nSPS) is 11.4. The van der Waals surface area contributed by atoms with Crippen LogP contribution in [0.2, 0.25) is 0 Å². The van der Waals surface area contributed by atoms with Gasteiger partial charge >= 0.3 is 0 Å². The number of anilines is 1. The van der Waals surface area contributed by atoms with E-state index in [4.69, 9.17) is 4.74 Å². The van der Waals surface area contributed by atoms with Gasteiger partial charge in [-0.15, -0.1) is 0 Å². The van der Waals surface area contributed by atoms with E-state index in [0.717, 1.165) is 5.56 Å². The molecule has 1 atom stereocenters. The Labute approximate surface area is 160 Å². The van der Waals surface area contributed by atoms with Gasteiger partial charge in [0.2, 0.25) is 5.91 Å². The maximum absolute atomic E-state index is 12.3. The molecule has 0 heterocycles. The number of hydrogen-bond donors (Lipinski definition) is 3. The Balaban J connectivity index is 2.02. The average molecular weight is 369 g/mol. The van der Waals surface area contributed by atoms with E-state index < -0.39 is 0 Å². The second-order valence-corrected chi connectivity index (χ2v) is 6.48. The fourth-order valence-corrected chi connectivity index (χ4v) is 2.72. The van der Waals surface area contributed by atoms with Crippen LogP contribution in [-0.4, -0.2) is 32.5 Å². The minimum absolute atomic E-state index is 0.0722. The molecule has 0 saturated carbocycles. The van der Waals surface area contributed by atoms with Gasteiger partial charge in [-0.1, -0.05) is 18.2 Å². The van der Waals surface area contributed by atoms with Gasteiger partial charge in [0.15, 0.2) is 0 Å². The number of carbonyl (C=O) groups excluding carboxylic acids is 2. The first-order valence-electron chi connectivity index (χ1n) is 8.86. The van der Waals surface area contributed by atoms with Crippen LogP contribution in [0.3, 0.4) is 0 Å². The lowest BCUT2D eigenvalue weighted by atomic mass is 10.0. The second kappa shape index (κ2) is 9.07. The van der Waals surface area contributed by atoms with Gasteiger partial charge in [-0.2, -0.15) is 0 Å². The van der Waals surface area contributed by atoms with Crippen molar-refractivity contribution in [2.75, 3.05) is 26.0 Å². The third-order valence-electron chi connectivity index (χ3n) is 4.54. The van der Waals surface area contributed by atoms with Crippen LogP contribution in [0.1, 0.15) is 40.0 Å². The fraction of sp³-hybridized carbons (Fsp3) is 0.333. The maximum atomic E-state index is 12.3. The number of amides is 2. The smallest absolute Gasteiger partial charge is 0.251 e. The highest BCUT2D eigenvalue weighted by Gasteiger charge is 2.13. The SMILES string of the molecule is CNC(=O)c1ccc(OC)c(NCC(=O)N[C@H](C)c2ccc(C)c(C)c2)c1. The molecule has 0 fully saturated rings. The van der Waals surface area contributed by atoms with Gasteiger partial charge in [0, 0.05) is 12.6 Å². The summed E-state index contributed by atoms with van der Waals surface area (Å²) in [5.74, 6) is 0.222. The minimum Gasteiger partial charge on any atom is -0.495 e. The molecule has 27 heavy (non-hydrogen) atoms. The first-order chi connectivity index (χ1) is 12.8. The van der Waals surface area contributed by atoms with Crippen LogP contribution in [-0.2, 0) is 4.79 Å². The Morgan fingerprint density at radius 2 is 1.81 bits per heavy atom. The summed E-state index contributed by atoms with van der Waals surface area (Å²) in [5, 5.41) is 8.60. The molecule has 0 saturated heterocycles. The molecular weight excluding hydrogens is 342 g/mol. The Morgan fingerprint density at radius 1 is 1.07 bits per heavy atom. The number of hydrogen-bond acceptors (Lipinski definition) is 4. The molecule has 3 N–H and O–H groups in total. The van der Waals surface area contributed by atoms with E-state index in [-0.39, 0.29) is 24.4 Å². The van der Waals surface area contributed by atoms with Gasteiger partial charge in [-0.3, -0.25) is 9.59 Å². The number of methoxy groups -OCH3 is 1. The summed E-state index contributed by atoms with van der Waals surface area (Å²) >= 11 is 0. The predicted octanol–water partition coefficient (Wildman–Crippen LogP) is 2.96. The van der Waals surface area contributed by atoms with Crippen molar-refractivity contribution in [3.8, 4) is 5.75 Å². The van der Waals surface area contributed by atoms with Crippen LogP contribution in [0.5, 0.6) is 5.75 Å². The molecule has 2 amide bonds. The van der Waals surface area contributed by atoms with Crippen molar-refractivity contribution in [1.82, 2.24) is 10.6 Å². The summed E-state index contributed by atoms with van der Waals surface area (Å²) in [5.41, 5.74) is 4.56. The molecule has 0 aliphatic heterocycles. The lowest BCUT2D eigenvalue weighted by molar-refractivity contribution is -0.120. The number of rotatable bonds is 7. The van der Waals surface area contributed by atoms with E-state index in [1.807, 2.05) is 13.0 Å². The lowest BCUT2D eigenvalue weighted by Gasteiger charge is -2.17. The van der Waals surface area contributed by atoms with Crippen molar-refractivity contribution in [1.29, 1.82) is 0 Å². The molecule has 2 aromatic rings. The third kappa shape index (κ3) is 5.23. The zero-order chi connectivity index (χ0) is 20.0. The van der Waals surface area contributed by atoms with Crippen LogP contribution < -0.4 is 20.7 Å². The van der Waals surface area contributed by atoms with E-state index in [1.54, 1.807) is 32.4 Å². The molecule has 6 heteroatoms. The van der Waals surface area contributed by atoms with Crippen molar-refractivity contribution < 1.29 is 14.3 Å². The van der Waals surface area contributed by atoms with Crippen LogP contribution in [0.4, 0.5) is 5.69 Å². The molecule has 0 bridgehead atoms. The summed E-state index contributed by atoms with van der Waals surface area (Å²) in [7, 11) is 3.11. The zero-order valence-corrected chi connectivity index (χ0v) is 16.5. The Hall–Kier alpha value is -3.02. The molecule has 0 radical (unpaired) electrons. The number of carbonyl (C=O) groups is 2. The fourth-order valence-electron chi connectivity index (χ4n) is 2.72. The van der Waals surface area contributed by atoms with Gasteiger partial charge in [-0.05, 0) is 55.7 Å². The summed E-state index contributed by atoms with van der Waals surface area (Å²) < 4.78 is 5.29. The Bertz CT molecular complexity index is 833. The molecule has 0 unspecified atom stereocenters. The Morgan fingerprint density at radius 3 is 2.44 bits per heavy atom. The number of benzene rings is 2. The molecule has 0 spiro atoms. The Kier molecular flexibility index (Phi) is 6.82. The molecule has 0 aliphatic rings. The monoisotopic (exact) mass is 369 g/mol. The van der Waals surface area contributed by atoms with E-state index in [1.165, 1.54) is 11.1 Å². The quantitative estimate of drug-likeness (QED) is 0.701. The first kappa shape index (κ1) is 20.3. The van der Waals surface area contributed by atoms with Crippen molar-refractivity contribution in [3.63, 3.8) is 0 Å². The van der Waals surface area contributed by atoms with Gasteiger partial charge < -0.3 is 20.7 Å². The van der Waals surface area contributed by atoms with Crippen LogP contribution in [0.15, 0.2) is 36.4 Å². The maximum Gasteiger partial charge on any atom is 0.251 e. The zero-order valence-electron chi connectivity index (χ0n) is 16.5. The third-order valence-corrected chi connectivity index (χ3v) is 4.54. The van der Waals surface area contributed by atoms with E-state index >= 15 is 0 Å². The van der Waals surface area contributed by atoms with E-state index in [0.29, 0.717) is 17.0 Å². The standard InChI is InChI=1S/C21H27N3O3/c1-13-6-7-16(10-14(13)2)15(3)24-20(25)12-23-18-11-17(21(26)22-4)8-9-19(18)27-5/h6-11,15,23H,12H2,1-5H3,(H,22,26)(H,24,25)/t15-/m1/s1. The van der Waals surface area contributed by atoms with E-state index in [9.17, 15) is 9.59 Å². The van der Waals surface area contributed by atoms with Crippen LogP contribution >= 0.6 is 0 Å². The molecular formula is C21H27N3O3.